The van der Waals surface area contributed by atoms with Gasteiger partial charge in [0.1, 0.15) is 23.7 Å². The van der Waals surface area contributed by atoms with Crippen LogP contribution in [0.5, 0.6) is 11.5 Å². The average molecular weight is 649 g/mol. The number of furan rings is 1. The normalized spacial score (nSPS) is 11.5. The summed E-state index contributed by atoms with van der Waals surface area (Å²) < 4.78 is 19.7. The Morgan fingerprint density at radius 1 is 0.951 bits per heavy atom. The molecule has 0 atom stereocenters. The number of para-hydroxylation sites is 1. The third kappa shape index (κ3) is 5.46. The van der Waals surface area contributed by atoms with Gasteiger partial charge in [-0.05, 0) is 66.2 Å². The minimum atomic E-state index is -0.345. The monoisotopic (exact) mass is 647 g/mol. The van der Waals surface area contributed by atoms with E-state index in [2.05, 4.69) is 21.0 Å². The van der Waals surface area contributed by atoms with Gasteiger partial charge in [0.05, 0.1) is 39.7 Å². The summed E-state index contributed by atoms with van der Waals surface area (Å²) in [5.41, 5.74) is 2.27. The first-order valence-electron chi connectivity index (χ1n) is 12.4. The van der Waals surface area contributed by atoms with Gasteiger partial charge >= 0.3 is 0 Å². The van der Waals surface area contributed by atoms with Crippen molar-refractivity contribution in [3.8, 4) is 23.1 Å². The lowest BCUT2D eigenvalue weighted by Crippen LogP contribution is -2.20. The van der Waals surface area contributed by atoms with E-state index in [1.54, 1.807) is 49.7 Å². The van der Waals surface area contributed by atoms with Gasteiger partial charge in [-0.1, -0.05) is 63.4 Å². The lowest BCUT2D eigenvalue weighted by atomic mass is 10.2. The van der Waals surface area contributed by atoms with Crippen molar-refractivity contribution in [2.24, 2.45) is 5.10 Å². The number of hydrogen-bond acceptors (Lipinski definition) is 6. The fourth-order valence-corrected chi connectivity index (χ4v) is 5.07. The van der Waals surface area contributed by atoms with E-state index in [1.807, 2.05) is 48.5 Å². The Labute approximate surface area is 252 Å². The predicted octanol–water partition coefficient (Wildman–Crippen LogP) is 8.35. The van der Waals surface area contributed by atoms with Gasteiger partial charge in [0.15, 0.2) is 5.76 Å². The number of halogens is 3. The molecule has 0 spiro atoms. The fraction of sp³-hybridized carbons (Fsp3) is 0.0645. The first kappa shape index (κ1) is 27.1. The Kier molecular flexibility index (Phi) is 7.53. The van der Waals surface area contributed by atoms with E-state index in [4.69, 9.17) is 42.1 Å². The molecule has 0 aliphatic heterocycles. The largest absolute Gasteiger partial charge is 0.496 e. The summed E-state index contributed by atoms with van der Waals surface area (Å²) in [6, 6.07) is 25.2. The maximum absolute atomic E-state index is 13.7. The molecule has 0 aliphatic rings. The van der Waals surface area contributed by atoms with Gasteiger partial charge in [0, 0.05) is 10.0 Å². The number of benzene rings is 4. The van der Waals surface area contributed by atoms with Crippen molar-refractivity contribution in [1.29, 1.82) is 0 Å². The van der Waals surface area contributed by atoms with E-state index in [-0.39, 0.29) is 18.0 Å². The Morgan fingerprint density at radius 3 is 2.63 bits per heavy atom. The molecular weight excluding hydrogens is 629 g/mol. The summed E-state index contributed by atoms with van der Waals surface area (Å²) in [5.74, 6) is 1.82. The van der Waals surface area contributed by atoms with Crippen LogP contribution in [-0.2, 0) is 6.61 Å². The molecule has 7 nitrogen and oxygen atoms in total. The second-order valence-corrected chi connectivity index (χ2v) is 10.7. The molecule has 204 valence electrons. The van der Waals surface area contributed by atoms with Crippen LogP contribution in [0.4, 0.5) is 0 Å². The number of fused-ring (bicyclic) bond motifs is 2. The zero-order chi connectivity index (χ0) is 28.5. The molecule has 10 heteroatoms. The van der Waals surface area contributed by atoms with Crippen LogP contribution in [0.2, 0.25) is 10.0 Å². The van der Waals surface area contributed by atoms with Crippen molar-refractivity contribution in [2.45, 2.75) is 6.61 Å². The third-order valence-electron chi connectivity index (χ3n) is 6.38. The highest BCUT2D eigenvalue weighted by molar-refractivity contribution is 9.10. The number of hydrogen-bond donors (Lipinski definition) is 0. The van der Waals surface area contributed by atoms with Crippen LogP contribution in [0.15, 0.2) is 104 Å². The topological polar surface area (TPSA) is 78.9 Å². The van der Waals surface area contributed by atoms with Crippen LogP contribution < -0.4 is 15.0 Å². The van der Waals surface area contributed by atoms with Crippen molar-refractivity contribution < 1.29 is 13.9 Å². The number of methoxy groups -OCH3 is 1. The SMILES string of the molecule is COc1cccc2oc(-c3nc4ccccc4c(=O)n3N=Cc3cc(Br)ccc3OCc3ccc(Cl)c(Cl)c3)cc12. The molecule has 0 bridgehead atoms. The average Bonchev–Trinajstić information content (AvgIpc) is 3.42. The molecule has 4 aromatic carbocycles. The summed E-state index contributed by atoms with van der Waals surface area (Å²) in [4.78, 5) is 18.4. The number of ether oxygens (including phenoxy) is 2. The number of rotatable bonds is 7. The third-order valence-corrected chi connectivity index (χ3v) is 7.61. The summed E-state index contributed by atoms with van der Waals surface area (Å²) in [6.07, 6.45) is 1.56. The van der Waals surface area contributed by atoms with Crippen molar-refractivity contribution >= 4 is 67.2 Å². The molecule has 0 N–H and O–H groups in total. The lowest BCUT2D eigenvalue weighted by Gasteiger charge is -2.11. The van der Waals surface area contributed by atoms with Gasteiger partial charge in [-0.2, -0.15) is 9.78 Å². The Balaban J connectivity index is 1.44. The molecule has 2 aromatic heterocycles. The minimum Gasteiger partial charge on any atom is -0.496 e. The van der Waals surface area contributed by atoms with Crippen molar-refractivity contribution in [2.75, 3.05) is 7.11 Å². The molecule has 0 aliphatic carbocycles. The number of aromatic nitrogens is 2. The molecule has 0 unspecified atom stereocenters. The fourth-order valence-electron chi connectivity index (χ4n) is 4.37. The molecule has 0 fully saturated rings. The van der Waals surface area contributed by atoms with Crippen molar-refractivity contribution in [3.05, 3.63) is 121 Å². The van der Waals surface area contributed by atoms with Crippen LogP contribution in [0.1, 0.15) is 11.1 Å². The molecule has 41 heavy (non-hydrogen) atoms. The van der Waals surface area contributed by atoms with E-state index >= 15 is 0 Å². The quantitative estimate of drug-likeness (QED) is 0.163. The predicted molar refractivity (Wildman–Crippen MR) is 166 cm³/mol. The molecule has 0 radical (unpaired) electrons. The maximum Gasteiger partial charge on any atom is 0.282 e. The Hall–Kier alpha value is -4.11. The first-order valence-corrected chi connectivity index (χ1v) is 14.0. The van der Waals surface area contributed by atoms with E-state index in [1.165, 1.54) is 4.68 Å². The second kappa shape index (κ2) is 11.4. The summed E-state index contributed by atoms with van der Waals surface area (Å²) in [5, 5.41) is 6.69. The van der Waals surface area contributed by atoms with Crippen LogP contribution in [0, 0.1) is 0 Å². The molecule has 6 rings (SSSR count). The number of nitrogens with zero attached hydrogens (tertiary/aromatic N) is 3. The molecule has 2 heterocycles. The first-order chi connectivity index (χ1) is 19.9. The summed E-state index contributed by atoms with van der Waals surface area (Å²) >= 11 is 15.7. The van der Waals surface area contributed by atoms with Crippen LogP contribution in [0.25, 0.3) is 33.5 Å². The highest BCUT2D eigenvalue weighted by Crippen LogP contribution is 2.33. The molecule has 0 amide bonds. The zero-order valence-corrected chi connectivity index (χ0v) is 24.6. The van der Waals surface area contributed by atoms with Gasteiger partial charge in [-0.25, -0.2) is 4.98 Å². The van der Waals surface area contributed by atoms with Gasteiger partial charge in [0.2, 0.25) is 5.82 Å². The highest BCUT2D eigenvalue weighted by atomic mass is 79.9. The minimum absolute atomic E-state index is 0.247. The Bertz CT molecular complexity index is 2020. The Morgan fingerprint density at radius 2 is 1.80 bits per heavy atom. The van der Waals surface area contributed by atoms with Crippen molar-refractivity contribution in [3.63, 3.8) is 0 Å². The van der Waals surface area contributed by atoms with Crippen molar-refractivity contribution in [1.82, 2.24) is 9.66 Å². The lowest BCUT2D eigenvalue weighted by molar-refractivity contribution is 0.306. The maximum atomic E-state index is 13.7. The smallest absolute Gasteiger partial charge is 0.282 e. The summed E-state index contributed by atoms with van der Waals surface area (Å²) in [6.45, 7) is 0.253. The molecule has 0 saturated heterocycles. The highest BCUT2D eigenvalue weighted by Gasteiger charge is 2.18. The van der Waals surface area contributed by atoms with Gasteiger partial charge < -0.3 is 13.9 Å². The second-order valence-electron chi connectivity index (χ2n) is 9.02. The molecule has 0 saturated carbocycles. The molecular formula is C31H20BrCl2N3O4. The summed E-state index contributed by atoms with van der Waals surface area (Å²) in [7, 11) is 1.59. The van der Waals surface area contributed by atoms with E-state index in [0.717, 1.165) is 15.4 Å². The van der Waals surface area contributed by atoms with Crippen LogP contribution in [0.3, 0.4) is 0 Å². The standard InChI is InChI=1S/C31H20BrCl2N3O4/c1-39-27-7-4-8-28-22(27)15-29(41-28)30-36-25-6-3-2-5-21(25)31(38)37(30)35-16-19-14-20(32)10-12-26(19)40-17-18-9-11-23(33)24(34)13-18/h2-16H,17H2,1H3. The van der Waals surface area contributed by atoms with Crippen LogP contribution >= 0.6 is 39.1 Å². The van der Waals surface area contributed by atoms with E-state index in [9.17, 15) is 4.79 Å². The van der Waals surface area contributed by atoms with Gasteiger partial charge in [-0.15, -0.1) is 0 Å². The zero-order valence-electron chi connectivity index (χ0n) is 21.5. The van der Waals surface area contributed by atoms with E-state index in [0.29, 0.717) is 49.4 Å². The van der Waals surface area contributed by atoms with Gasteiger partial charge in [0.25, 0.3) is 5.56 Å². The van der Waals surface area contributed by atoms with E-state index < -0.39 is 0 Å². The molecule has 6 aromatic rings. The van der Waals surface area contributed by atoms with Crippen LogP contribution in [-0.4, -0.2) is 23.0 Å². The van der Waals surface area contributed by atoms with Gasteiger partial charge in [-0.3, -0.25) is 4.79 Å².